The molecule has 0 fully saturated rings. The molecular formula is C23H20N2. The summed E-state index contributed by atoms with van der Waals surface area (Å²) >= 11 is 0. The molecule has 1 unspecified atom stereocenters. The molecule has 0 spiro atoms. The Morgan fingerprint density at radius 1 is 0.840 bits per heavy atom. The minimum Gasteiger partial charge on any atom is -0.299 e. The summed E-state index contributed by atoms with van der Waals surface area (Å²) in [5.41, 5.74) is 6.00. The van der Waals surface area contributed by atoms with Gasteiger partial charge in [0, 0.05) is 6.04 Å². The van der Waals surface area contributed by atoms with Crippen molar-refractivity contribution >= 4 is 0 Å². The van der Waals surface area contributed by atoms with Crippen LogP contribution in [0.5, 0.6) is 0 Å². The Kier molecular flexibility index (Phi) is 4.33. The maximum absolute atomic E-state index is 9.06. The molecule has 25 heavy (non-hydrogen) atoms. The molecule has 2 heteroatoms. The van der Waals surface area contributed by atoms with Crippen LogP contribution in [0.15, 0.2) is 78.9 Å². The van der Waals surface area contributed by atoms with E-state index in [1.807, 2.05) is 18.2 Å². The molecular weight excluding hydrogens is 304 g/mol. The number of hydrogen-bond acceptors (Lipinski definition) is 2. The Balaban J connectivity index is 1.68. The van der Waals surface area contributed by atoms with Gasteiger partial charge in [0.1, 0.15) is 0 Å². The number of rotatable bonds is 4. The third kappa shape index (κ3) is 3.20. The van der Waals surface area contributed by atoms with E-state index in [4.69, 9.17) is 5.26 Å². The maximum Gasteiger partial charge on any atom is 0.0991 e. The van der Waals surface area contributed by atoms with E-state index in [1.54, 1.807) is 0 Å². The van der Waals surface area contributed by atoms with Gasteiger partial charge in [0.25, 0.3) is 0 Å². The maximum atomic E-state index is 9.06. The highest BCUT2D eigenvalue weighted by atomic mass is 15.0. The van der Waals surface area contributed by atoms with Crippen molar-refractivity contribution in [3.8, 4) is 6.07 Å². The van der Waals surface area contributed by atoms with Crippen LogP contribution in [0.3, 0.4) is 0 Å². The van der Waals surface area contributed by atoms with Crippen molar-refractivity contribution in [2.75, 3.05) is 0 Å². The number of benzene rings is 3. The van der Waals surface area contributed by atoms with Gasteiger partial charge in [0.2, 0.25) is 0 Å². The summed E-state index contributed by atoms with van der Waals surface area (Å²) in [4.78, 5) is 0. The van der Waals surface area contributed by atoms with E-state index in [0.717, 1.165) is 12.8 Å². The molecule has 0 bridgehead atoms. The zero-order valence-corrected chi connectivity index (χ0v) is 14.0. The molecule has 1 aliphatic carbocycles. The van der Waals surface area contributed by atoms with Crippen molar-refractivity contribution in [2.24, 2.45) is 0 Å². The van der Waals surface area contributed by atoms with Crippen molar-refractivity contribution in [3.63, 3.8) is 0 Å². The lowest BCUT2D eigenvalue weighted by atomic mass is 9.96. The molecule has 0 radical (unpaired) electrons. The van der Waals surface area contributed by atoms with E-state index in [2.05, 4.69) is 72.0 Å². The van der Waals surface area contributed by atoms with Crippen LogP contribution in [0.1, 0.15) is 46.3 Å². The summed E-state index contributed by atoms with van der Waals surface area (Å²) in [5, 5.41) is 12.9. The number of nitrogens with zero attached hydrogens (tertiary/aromatic N) is 1. The van der Waals surface area contributed by atoms with Crippen LogP contribution in [-0.4, -0.2) is 0 Å². The number of fused-ring (bicyclic) bond motifs is 1. The van der Waals surface area contributed by atoms with Crippen molar-refractivity contribution < 1.29 is 0 Å². The fraction of sp³-hybridized carbons (Fsp3) is 0.174. The van der Waals surface area contributed by atoms with Crippen LogP contribution in [0, 0.1) is 11.3 Å². The molecule has 2 atom stereocenters. The molecule has 2 nitrogen and oxygen atoms in total. The van der Waals surface area contributed by atoms with E-state index in [0.29, 0.717) is 11.6 Å². The fourth-order valence-electron chi connectivity index (χ4n) is 3.71. The summed E-state index contributed by atoms with van der Waals surface area (Å²) in [5.74, 6) is 0. The molecule has 0 heterocycles. The average Bonchev–Trinajstić information content (AvgIpc) is 3.10. The summed E-state index contributed by atoms with van der Waals surface area (Å²) in [6.45, 7) is 0. The first-order valence-corrected chi connectivity index (χ1v) is 8.74. The van der Waals surface area contributed by atoms with E-state index in [1.165, 1.54) is 22.3 Å². The molecule has 0 aromatic heterocycles. The third-order valence-electron chi connectivity index (χ3n) is 5.01. The van der Waals surface area contributed by atoms with Gasteiger partial charge < -0.3 is 0 Å². The van der Waals surface area contributed by atoms with Gasteiger partial charge in [-0.05, 0) is 47.2 Å². The first kappa shape index (κ1) is 15.6. The molecule has 1 aliphatic rings. The Labute approximate surface area is 148 Å². The second kappa shape index (κ2) is 6.93. The van der Waals surface area contributed by atoms with E-state index >= 15 is 0 Å². The second-order valence-corrected chi connectivity index (χ2v) is 6.53. The zero-order chi connectivity index (χ0) is 17.1. The lowest BCUT2D eigenvalue weighted by Gasteiger charge is -2.25. The molecule has 3 aromatic rings. The van der Waals surface area contributed by atoms with Crippen LogP contribution >= 0.6 is 0 Å². The molecule has 0 amide bonds. The van der Waals surface area contributed by atoms with Crippen molar-refractivity contribution in [1.82, 2.24) is 5.32 Å². The Morgan fingerprint density at radius 3 is 2.28 bits per heavy atom. The standard InChI is InChI=1S/C23H20N2/c24-16-17-10-12-20(13-11-17)23(19-7-2-1-3-8-19)25-22-15-14-18-6-4-5-9-21(18)22/h1-13,22-23,25H,14-15H2/t22-,23?/m1/s1. The quantitative estimate of drug-likeness (QED) is 0.739. The van der Waals surface area contributed by atoms with Gasteiger partial charge in [-0.3, -0.25) is 5.32 Å². The Morgan fingerprint density at radius 2 is 1.52 bits per heavy atom. The minimum absolute atomic E-state index is 0.116. The topological polar surface area (TPSA) is 35.8 Å². The monoisotopic (exact) mass is 324 g/mol. The van der Waals surface area contributed by atoms with E-state index < -0.39 is 0 Å². The molecule has 0 saturated heterocycles. The van der Waals surface area contributed by atoms with Crippen LogP contribution in [0.25, 0.3) is 0 Å². The summed E-state index contributed by atoms with van der Waals surface area (Å²) < 4.78 is 0. The highest BCUT2D eigenvalue weighted by molar-refractivity contribution is 5.39. The Bertz CT molecular complexity index is 891. The van der Waals surface area contributed by atoms with Crippen LogP contribution < -0.4 is 5.32 Å². The SMILES string of the molecule is N#Cc1ccc(C(N[C@@H]2CCc3ccccc32)c2ccccc2)cc1. The molecule has 122 valence electrons. The first-order valence-electron chi connectivity index (χ1n) is 8.74. The van der Waals surface area contributed by atoms with Crippen molar-refractivity contribution in [1.29, 1.82) is 5.26 Å². The van der Waals surface area contributed by atoms with Crippen LogP contribution in [0.2, 0.25) is 0 Å². The van der Waals surface area contributed by atoms with Crippen molar-refractivity contribution in [3.05, 3.63) is 107 Å². The van der Waals surface area contributed by atoms with Gasteiger partial charge in [-0.1, -0.05) is 66.7 Å². The van der Waals surface area contributed by atoms with Crippen LogP contribution in [0.4, 0.5) is 0 Å². The number of nitriles is 1. The molecule has 0 saturated carbocycles. The number of aryl methyl sites for hydroxylation is 1. The van der Waals surface area contributed by atoms with Gasteiger partial charge in [0.15, 0.2) is 0 Å². The fourth-order valence-corrected chi connectivity index (χ4v) is 3.71. The number of hydrogen-bond donors (Lipinski definition) is 1. The summed E-state index contributed by atoms with van der Waals surface area (Å²) in [6.07, 6.45) is 2.25. The summed E-state index contributed by atoms with van der Waals surface area (Å²) in [6, 6.07) is 29.8. The van der Waals surface area contributed by atoms with Gasteiger partial charge in [-0.25, -0.2) is 0 Å². The Hall–Kier alpha value is -2.89. The van der Waals surface area contributed by atoms with Gasteiger partial charge in [-0.2, -0.15) is 5.26 Å². The third-order valence-corrected chi connectivity index (χ3v) is 5.01. The first-order chi connectivity index (χ1) is 12.3. The summed E-state index contributed by atoms with van der Waals surface area (Å²) in [7, 11) is 0. The smallest absolute Gasteiger partial charge is 0.0991 e. The zero-order valence-electron chi connectivity index (χ0n) is 14.0. The van der Waals surface area contributed by atoms with Gasteiger partial charge in [-0.15, -0.1) is 0 Å². The largest absolute Gasteiger partial charge is 0.299 e. The van der Waals surface area contributed by atoms with Gasteiger partial charge in [0.05, 0.1) is 17.7 Å². The molecule has 0 aliphatic heterocycles. The average molecular weight is 324 g/mol. The van der Waals surface area contributed by atoms with Crippen molar-refractivity contribution in [2.45, 2.75) is 24.9 Å². The normalized spacial score (nSPS) is 16.8. The number of nitrogens with one attached hydrogen (secondary N) is 1. The lowest BCUT2D eigenvalue weighted by Crippen LogP contribution is -2.26. The molecule has 4 rings (SSSR count). The lowest BCUT2D eigenvalue weighted by molar-refractivity contribution is 0.483. The predicted octanol–water partition coefficient (Wildman–Crippen LogP) is 4.92. The predicted molar refractivity (Wildman–Crippen MR) is 100 cm³/mol. The van der Waals surface area contributed by atoms with E-state index in [9.17, 15) is 0 Å². The van der Waals surface area contributed by atoms with E-state index in [-0.39, 0.29) is 6.04 Å². The highest BCUT2D eigenvalue weighted by Crippen LogP contribution is 2.34. The minimum atomic E-state index is 0.116. The van der Waals surface area contributed by atoms with Gasteiger partial charge >= 0.3 is 0 Å². The molecule has 3 aromatic carbocycles. The van der Waals surface area contributed by atoms with Crippen LogP contribution in [-0.2, 0) is 6.42 Å². The highest BCUT2D eigenvalue weighted by Gasteiger charge is 2.25. The molecule has 1 N–H and O–H groups in total. The second-order valence-electron chi connectivity index (χ2n) is 6.53.